The van der Waals surface area contributed by atoms with Crippen molar-refractivity contribution < 1.29 is 4.79 Å². The van der Waals surface area contributed by atoms with Crippen LogP contribution >= 0.6 is 15.9 Å². The lowest BCUT2D eigenvalue weighted by molar-refractivity contribution is -0.120. The van der Waals surface area contributed by atoms with Crippen molar-refractivity contribution >= 4 is 27.7 Å². The van der Waals surface area contributed by atoms with Gasteiger partial charge in [0.05, 0.1) is 0 Å². The Hall–Kier alpha value is -0.940. The van der Waals surface area contributed by atoms with Crippen molar-refractivity contribution in [2.45, 2.75) is 38.6 Å². The summed E-state index contributed by atoms with van der Waals surface area (Å²) in [6.07, 6.45) is 5.46. The van der Waals surface area contributed by atoms with Gasteiger partial charge in [-0.15, -0.1) is 0 Å². The number of hydrogen-bond donors (Lipinski definition) is 2. The lowest BCUT2D eigenvalue weighted by Crippen LogP contribution is -2.34. The van der Waals surface area contributed by atoms with E-state index in [9.17, 15) is 4.79 Å². The number of carbonyl (C=O) groups excluding carboxylic acids is 1. The van der Waals surface area contributed by atoms with Crippen molar-refractivity contribution in [3.63, 3.8) is 0 Å². The van der Waals surface area contributed by atoms with Gasteiger partial charge in [-0.25, -0.2) is 4.98 Å². The van der Waals surface area contributed by atoms with Crippen molar-refractivity contribution in [3.8, 4) is 0 Å². The summed E-state index contributed by atoms with van der Waals surface area (Å²) in [5.74, 6) is 0.712. The summed E-state index contributed by atoms with van der Waals surface area (Å²) in [5, 5.41) is 2.90. The minimum Gasteiger partial charge on any atom is -0.328 e. The first-order valence-electron chi connectivity index (χ1n) is 6.25. The molecule has 0 spiro atoms. The van der Waals surface area contributed by atoms with Gasteiger partial charge in [0, 0.05) is 22.6 Å². The van der Waals surface area contributed by atoms with Crippen LogP contribution in [0.15, 0.2) is 16.7 Å². The number of aryl methyl sites for hydroxylation is 1. The smallest absolute Gasteiger partial charge is 0.228 e. The molecule has 1 aliphatic rings. The van der Waals surface area contributed by atoms with Gasteiger partial charge in [0.1, 0.15) is 5.82 Å². The Labute approximate surface area is 115 Å². The van der Waals surface area contributed by atoms with E-state index in [0.717, 1.165) is 35.7 Å². The number of carbonyl (C=O) groups is 1. The molecule has 98 valence electrons. The molecule has 1 fully saturated rings. The minimum atomic E-state index is 0.0265. The van der Waals surface area contributed by atoms with Crippen LogP contribution in [-0.2, 0) is 4.79 Å². The van der Waals surface area contributed by atoms with Crippen LogP contribution in [-0.4, -0.2) is 16.9 Å². The monoisotopic (exact) mass is 311 g/mol. The maximum atomic E-state index is 12.1. The number of rotatable bonds is 2. The van der Waals surface area contributed by atoms with E-state index in [1.807, 2.05) is 13.0 Å². The summed E-state index contributed by atoms with van der Waals surface area (Å²) in [6, 6.07) is 2.10. The van der Waals surface area contributed by atoms with Gasteiger partial charge < -0.3 is 11.1 Å². The van der Waals surface area contributed by atoms with Crippen molar-refractivity contribution in [1.82, 2.24) is 4.98 Å². The van der Waals surface area contributed by atoms with E-state index in [-0.39, 0.29) is 17.9 Å². The summed E-state index contributed by atoms with van der Waals surface area (Å²) in [5.41, 5.74) is 6.86. The molecular weight excluding hydrogens is 294 g/mol. The van der Waals surface area contributed by atoms with Gasteiger partial charge in [-0.3, -0.25) is 4.79 Å². The van der Waals surface area contributed by atoms with Gasteiger partial charge in [-0.05, 0) is 53.7 Å². The molecule has 1 heterocycles. The number of nitrogens with two attached hydrogens (primary N) is 1. The summed E-state index contributed by atoms with van der Waals surface area (Å²) in [4.78, 5) is 16.4. The first kappa shape index (κ1) is 13.5. The highest BCUT2D eigenvalue weighted by Gasteiger charge is 2.25. The van der Waals surface area contributed by atoms with Crippen molar-refractivity contribution in [1.29, 1.82) is 0 Å². The molecule has 0 aliphatic heterocycles. The van der Waals surface area contributed by atoms with E-state index in [0.29, 0.717) is 5.82 Å². The summed E-state index contributed by atoms with van der Waals surface area (Å²) in [6.45, 7) is 1.93. The van der Waals surface area contributed by atoms with Crippen LogP contribution in [0.1, 0.15) is 31.2 Å². The lowest BCUT2D eigenvalue weighted by atomic mass is 9.85. The Morgan fingerprint density at radius 2 is 2.33 bits per heavy atom. The number of hydrogen-bond acceptors (Lipinski definition) is 3. The van der Waals surface area contributed by atoms with Gasteiger partial charge in [-0.2, -0.15) is 0 Å². The third kappa shape index (κ3) is 3.29. The Morgan fingerprint density at radius 3 is 3.00 bits per heavy atom. The molecule has 1 saturated carbocycles. The zero-order valence-corrected chi connectivity index (χ0v) is 12.0. The number of nitrogens with one attached hydrogen (secondary N) is 1. The quantitative estimate of drug-likeness (QED) is 0.882. The highest BCUT2D eigenvalue weighted by Crippen LogP contribution is 2.25. The molecule has 0 aromatic carbocycles. The molecule has 5 heteroatoms. The topological polar surface area (TPSA) is 68.0 Å². The highest BCUT2D eigenvalue weighted by molar-refractivity contribution is 9.10. The van der Waals surface area contributed by atoms with Gasteiger partial charge in [0.2, 0.25) is 5.91 Å². The first-order valence-corrected chi connectivity index (χ1v) is 7.04. The second-order valence-corrected chi connectivity index (χ2v) is 5.85. The fraction of sp³-hybridized carbons (Fsp3) is 0.538. The predicted molar refractivity (Wildman–Crippen MR) is 75.2 cm³/mol. The van der Waals surface area contributed by atoms with Crippen LogP contribution in [0.2, 0.25) is 0 Å². The van der Waals surface area contributed by atoms with Crippen LogP contribution in [0.3, 0.4) is 0 Å². The number of nitrogens with zero attached hydrogens (tertiary/aromatic N) is 1. The van der Waals surface area contributed by atoms with Crippen LogP contribution in [0, 0.1) is 12.8 Å². The van der Waals surface area contributed by atoms with E-state index in [4.69, 9.17) is 5.73 Å². The molecule has 3 N–H and O–H groups in total. The Bertz CT molecular complexity index is 450. The number of halogens is 1. The fourth-order valence-electron chi connectivity index (χ4n) is 2.36. The molecule has 0 saturated heterocycles. The first-order chi connectivity index (χ1) is 8.56. The molecule has 2 atom stereocenters. The second-order valence-electron chi connectivity index (χ2n) is 4.93. The SMILES string of the molecule is Cc1cc(Br)cnc1NC(=O)C1CCCC(N)C1. The zero-order valence-electron chi connectivity index (χ0n) is 10.4. The van der Waals surface area contributed by atoms with Crippen LogP contribution < -0.4 is 11.1 Å². The summed E-state index contributed by atoms with van der Waals surface area (Å²) in [7, 11) is 0. The third-order valence-corrected chi connectivity index (χ3v) is 3.81. The molecule has 1 aliphatic carbocycles. The highest BCUT2D eigenvalue weighted by atomic mass is 79.9. The van der Waals surface area contributed by atoms with Crippen LogP contribution in [0.5, 0.6) is 0 Å². The van der Waals surface area contributed by atoms with E-state index in [1.54, 1.807) is 6.20 Å². The van der Waals surface area contributed by atoms with Crippen LogP contribution in [0.25, 0.3) is 0 Å². The maximum Gasteiger partial charge on any atom is 0.228 e. The molecule has 2 unspecified atom stereocenters. The molecular formula is C13H18BrN3O. The minimum absolute atomic E-state index is 0.0265. The number of aromatic nitrogens is 1. The molecule has 4 nitrogen and oxygen atoms in total. The molecule has 1 aromatic rings. The van der Waals surface area contributed by atoms with E-state index < -0.39 is 0 Å². The Balaban J connectivity index is 2.02. The van der Waals surface area contributed by atoms with Gasteiger partial charge in [0.25, 0.3) is 0 Å². The largest absolute Gasteiger partial charge is 0.328 e. The average Bonchev–Trinajstić information content (AvgIpc) is 2.32. The Morgan fingerprint density at radius 1 is 1.56 bits per heavy atom. The average molecular weight is 312 g/mol. The maximum absolute atomic E-state index is 12.1. The summed E-state index contributed by atoms with van der Waals surface area (Å²) < 4.78 is 0.915. The molecule has 1 amide bonds. The van der Waals surface area contributed by atoms with E-state index >= 15 is 0 Å². The predicted octanol–water partition coefficient (Wildman–Crippen LogP) is 2.61. The van der Waals surface area contributed by atoms with Gasteiger partial charge in [-0.1, -0.05) is 6.42 Å². The second kappa shape index (κ2) is 5.80. The van der Waals surface area contributed by atoms with Crippen molar-refractivity contribution in [2.24, 2.45) is 11.7 Å². The third-order valence-electron chi connectivity index (χ3n) is 3.37. The van der Waals surface area contributed by atoms with Crippen molar-refractivity contribution in [3.05, 3.63) is 22.3 Å². The lowest BCUT2D eigenvalue weighted by Gasteiger charge is -2.25. The molecule has 0 radical (unpaired) electrons. The van der Waals surface area contributed by atoms with E-state index in [1.165, 1.54) is 0 Å². The normalized spacial score (nSPS) is 23.7. The number of anilines is 1. The summed E-state index contributed by atoms with van der Waals surface area (Å²) >= 11 is 3.36. The van der Waals surface area contributed by atoms with Gasteiger partial charge >= 0.3 is 0 Å². The Kier molecular flexibility index (Phi) is 4.35. The molecule has 0 bridgehead atoms. The number of amides is 1. The number of pyridine rings is 1. The van der Waals surface area contributed by atoms with Crippen LogP contribution in [0.4, 0.5) is 5.82 Å². The standard InChI is InChI=1S/C13H18BrN3O/c1-8-5-10(14)7-16-12(8)17-13(18)9-3-2-4-11(15)6-9/h5,7,9,11H,2-4,6,15H2,1H3,(H,16,17,18). The zero-order chi connectivity index (χ0) is 13.1. The molecule has 1 aromatic heterocycles. The van der Waals surface area contributed by atoms with Crippen molar-refractivity contribution in [2.75, 3.05) is 5.32 Å². The fourth-order valence-corrected chi connectivity index (χ4v) is 2.80. The van der Waals surface area contributed by atoms with E-state index in [2.05, 4.69) is 26.2 Å². The molecule has 18 heavy (non-hydrogen) atoms. The van der Waals surface area contributed by atoms with Gasteiger partial charge in [0.15, 0.2) is 0 Å². The molecule has 2 rings (SSSR count).